The zero-order chi connectivity index (χ0) is 23.8. The Hall–Kier alpha value is -3.18. The van der Waals surface area contributed by atoms with E-state index >= 15 is 0 Å². The molecule has 0 saturated heterocycles. The first-order valence-electron chi connectivity index (χ1n) is 10.0. The van der Waals surface area contributed by atoms with Gasteiger partial charge in [-0.15, -0.1) is 28.1 Å². The predicted molar refractivity (Wildman–Crippen MR) is 125 cm³/mol. The molecule has 0 saturated carbocycles. The molecule has 1 N–H and O–H groups in total. The van der Waals surface area contributed by atoms with Crippen LogP contribution >= 0.6 is 23.1 Å². The smallest absolute Gasteiger partial charge is 0.341 e. The molecular weight excluding hydrogens is 467 g/mol. The monoisotopic (exact) mass is 490 g/mol. The summed E-state index contributed by atoms with van der Waals surface area (Å²) in [4.78, 5) is 25.5. The molecule has 8 nitrogen and oxygen atoms in total. The molecule has 11 heteroatoms. The van der Waals surface area contributed by atoms with Crippen LogP contribution in [0.15, 0.2) is 48.1 Å². The van der Waals surface area contributed by atoms with Gasteiger partial charge in [0.05, 0.1) is 17.9 Å². The first-order valence-corrected chi connectivity index (χ1v) is 11.8. The van der Waals surface area contributed by atoms with Gasteiger partial charge >= 0.3 is 5.97 Å². The van der Waals surface area contributed by atoms with Crippen LogP contribution in [0.3, 0.4) is 0 Å². The molecule has 0 bridgehead atoms. The molecule has 0 atom stereocenters. The first-order chi connectivity index (χ1) is 15.9. The molecule has 3 aromatic rings. The molecule has 0 unspecified atom stereocenters. The lowest BCUT2D eigenvalue weighted by molar-refractivity contribution is -0.113. The van der Waals surface area contributed by atoms with E-state index in [1.165, 1.54) is 47.4 Å². The van der Waals surface area contributed by atoms with Crippen LogP contribution in [0.1, 0.15) is 28.0 Å². The van der Waals surface area contributed by atoms with Crippen molar-refractivity contribution in [1.29, 1.82) is 0 Å². The summed E-state index contributed by atoms with van der Waals surface area (Å²) in [6, 6.07) is 7.37. The van der Waals surface area contributed by atoms with E-state index < -0.39 is 5.97 Å². The summed E-state index contributed by atoms with van der Waals surface area (Å²) < 4.78 is 25.5. The average Bonchev–Trinajstić information content (AvgIpc) is 3.35. The highest BCUT2D eigenvalue weighted by Gasteiger charge is 2.19. The molecule has 33 heavy (non-hydrogen) atoms. The van der Waals surface area contributed by atoms with Crippen LogP contribution in [-0.4, -0.2) is 39.0 Å². The largest absolute Gasteiger partial charge is 0.486 e. The maximum Gasteiger partial charge on any atom is 0.341 e. The number of hydrogen-bond acceptors (Lipinski definition) is 8. The first kappa shape index (κ1) is 24.5. The molecular formula is C22H23FN4O4S2. The molecule has 0 aliphatic rings. The number of nitrogens with zero attached hydrogens (tertiary/aromatic N) is 3. The van der Waals surface area contributed by atoms with E-state index in [2.05, 4.69) is 22.1 Å². The van der Waals surface area contributed by atoms with Crippen LogP contribution in [0.4, 0.5) is 9.39 Å². The molecule has 2 aromatic heterocycles. The molecule has 174 valence electrons. The molecule has 3 rings (SSSR count). The number of benzene rings is 1. The van der Waals surface area contributed by atoms with Crippen LogP contribution in [-0.2, 0) is 22.7 Å². The van der Waals surface area contributed by atoms with Gasteiger partial charge in [0.1, 0.15) is 23.2 Å². The second kappa shape index (κ2) is 11.6. The number of carbonyl (C=O) groups excluding carboxylic acids is 2. The van der Waals surface area contributed by atoms with Crippen molar-refractivity contribution in [2.24, 2.45) is 0 Å². The van der Waals surface area contributed by atoms with Crippen LogP contribution in [0.25, 0.3) is 0 Å². The number of amides is 1. The van der Waals surface area contributed by atoms with E-state index in [1.807, 2.05) is 6.92 Å². The van der Waals surface area contributed by atoms with Gasteiger partial charge < -0.3 is 14.8 Å². The van der Waals surface area contributed by atoms with Gasteiger partial charge in [-0.3, -0.25) is 9.36 Å². The number of anilines is 1. The number of carbonyl (C=O) groups is 2. The van der Waals surface area contributed by atoms with Crippen LogP contribution in [0, 0.1) is 12.7 Å². The van der Waals surface area contributed by atoms with Crippen molar-refractivity contribution in [1.82, 2.24) is 14.8 Å². The molecule has 2 heterocycles. The summed E-state index contributed by atoms with van der Waals surface area (Å²) in [6.07, 6.45) is 1.69. The third-order valence-corrected chi connectivity index (χ3v) is 6.16. The van der Waals surface area contributed by atoms with Crippen LogP contribution in [0.5, 0.6) is 5.75 Å². The fourth-order valence-corrected chi connectivity index (χ4v) is 4.47. The van der Waals surface area contributed by atoms with Gasteiger partial charge in [0.15, 0.2) is 11.0 Å². The minimum Gasteiger partial charge on any atom is -0.486 e. The summed E-state index contributed by atoms with van der Waals surface area (Å²) in [5, 5.41) is 12.1. The van der Waals surface area contributed by atoms with E-state index in [0.29, 0.717) is 33.8 Å². The lowest BCUT2D eigenvalue weighted by Gasteiger charge is -2.09. The SMILES string of the molecule is C=CCn1c(COc2ccc(F)cc2)nnc1SCC(=O)Nc1sc(C)cc1C(=O)OCC. The van der Waals surface area contributed by atoms with Gasteiger partial charge in [0.25, 0.3) is 0 Å². The van der Waals surface area contributed by atoms with Crippen molar-refractivity contribution in [3.05, 3.63) is 65.1 Å². The predicted octanol–water partition coefficient (Wildman–Crippen LogP) is 4.46. The lowest BCUT2D eigenvalue weighted by Crippen LogP contribution is -2.16. The molecule has 0 spiro atoms. The van der Waals surface area contributed by atoms with Gasteiger partial charge in [0, 0.05) is 11.4 Å². The number of esters is 1. The zero-order valence-corrected chi connectivity index (χ0v) is 19.8. The average molecular weight is 491 g/mol. The van der Waals surface area contributed by atoms with E-state index in [0.717, 1.165) is 4.88 Å². The Kier molecular flexibility index (Phi) is 8.61. The second-order valence-corrected chi connectivity index (χ2v) is 8.90. The van der Waals surface area contributed by atoms with Crippen molar-refractivity contribution >= 4 is 40.0 Å². The fraction of sp³-hybridized carbons (Fsp3) is 0.273. The number of thioether (sulfide) groups is 1. The third-order valence-electron chi connectivity index (χ3n) is 4.22. The minimum absolute atomic E-state index is 0.0628. The number of thiophene rings is 1. The molecule has 1 amide bonds. The Morgan fingerprint density at radius 3 is 2.76 bits per heavy atom. The van der Waals surface area contributed by atoms with E-state index in [1.54, 1.807) is 23.6 Å². The van der Waals surface area contributed by atoms with Crippen molar-refractivity contribution in [2.75, 3.05) is 17.7 Å². The highest BCUT2D eigenvalue weighted by molar-refractivity contribution is 7.99. The van der Waals surface area contributed by atoms with Crippen LogP contribution in [0.2, 0.25) is 0 Å². The highest BCUT2D eigenvalue weighted by atomic mass is 32.2. The number of ether oxygens (including phenoxy) is 2. The van der Waals surface area contributed by atoms with Gasteiger partial charge in [-0.2, -0.15) is 0 Å². The summed E-state index contributed by atoms with van der Waals surface area (Å²) in [6.45, 7) is 8.13. The number of allylic oxidation sites excluding steroid dienone is 1. The lowest BCUT2D eigenvalue weighted by atomic mass is 10.3. The zero-order valence-electron chi connectivity index (χ0n) is 18.2. The number of halogens is 1. The summed E-state index contributed by atoms with van der Waals surface area (Å²) in [7, 11) is 0. The summed E-state index contributed by atoms with van der Waals surface area (Å²) in [5.41, 5.74) is 0.341. The molecule has 0 aliphatic heterocycles. The van der Waals surface area contributed by atoms with E-state index in [9.17, 15) is 14.0 Å². The number of aryl methyl sites for hydroxylation is 1. The van der Waals surface area contributed by atoms with E-state index in [4.69, 9.17) is 9.47 Å². The Bertz CT molecular complexity index is 1130. The number of nitrogens with one attached hydrogen (secondary N) is 1. The molecule has 1 aromatic carbocycles. The fourth-order valence-electron chi connectivity index (χ4n) is 2.78. The normalized spacial score (nSPS) is 10.6. The Balaban J connectivity index is 1.62. The molecule has 0 aliphatic carbocycles. The van der Waals surface area contributed by atoms with Gasteiger partial charge in [-0.25, -0.2) is 9.18 Å². The Morgan fingerprint density at radius 2 is 2.06 bits per heavy atom. The second-order valence-electron chi connectivity index (χ2n) is 6.70. The van der Waals surface area contributed by atoms with Crippen molar-refractivity contribution < 1.29 is 23.5 Å². The van der Waals surface area contributed by atoms with Gasteiger partial charge in [-0.05, 0) is 44.2 Å². The standard InChI is InChI=1S/C22H23FN4O4S2/c1-4-10-27-18(12-31-16-8-6-15(23)7-9-16)25-26-22(27)32-13-19(28)24-20-17(11-14(3)33-20)21(29)30-5-2/h4,6-9,11H,1,5,10,12-13H2,2-3H3,(H,24,28). The maximum absolute atomic E-state index is 13.1. The molecule has 0 radical (unpaired) electrons. The van der Waals surface area contributed by atoms with E-state index in [-0.39, 0.29) is 30.7 Å². The third kappa shape index (κ3) is 6.65. The van der Waals surface area contributed by atoms with Gasteiger partial charge in [-0.1, -0.05) is 17.8 Å². The van der Waals surface area contributed by atoms with Crippen LogP contribution < -0.4 is 10.1 Å². The number of aromatic nitrogens is 3. The Morgan fingerprint density at radius 1 is 1.30 bits per heavy atom. The maximum atomic E-state index is 13.1. The minimum atomic E-state index is -0.471. The topological polar surface area (TPSA) is 95.3 Å². The number of rotatable bonds is 11. The molecule has 0 fully saturated rings. The quantitative estimate of drug-likeness (QED) is 0.241. The van der Waals surface area contributed by atoms with Crippen molar-refractivity contribution in [3.63, 3.8) is 0 Å². The summed E-state index contributed by atoms with van der Waals surface area (Å²) in [5.74, 6) is 0.00225. The summed E-state index contributed by atoms with van der Waals surface area (Å²) >= 11 is 2.51. The highest BCUT2D eigenvalue weighted by Crippen LogP contribution is 2.29. The Labute approximate surface area is 198 Å². The number of hydrogen-bond donors (Lipinski definition) is 1. The van der Waals surface area contributed by atoms with Crippen molar-refractivity contribution in [2.45, 2.75) is 32.2 Å². The van der Waals surface area contributed by atoms with Gasteiger partial charge in [0.2, 0.25) is 5.91 Å². The van der Waals surface area contributed by atoms with Crippen molar-refractivity contribution in [3.8, 4) is 5.75 Å².